The lowest BCUT2D eigenvalue weighted by molar-refractivity contribution is -0.274. The fourth-order valence-corrected chi connectivity index (χ4v) is 4.01. The van der Waals surface area contributed by atoms with E-state index in [1.165, 1.54) is 16.7 Å². The maximum absolute atomic E-state index is 12.9. The average Bonchev–Trinajstić information content (AvgIpc) is 3.09. The molecule has 4 rings (SSSR count). The molecule has 0 N–H and O–H groups in total. The second kappa shape index (κ2) is 7.51. The summed E-state index contributed by atoms with van der Waals surface area (Å²) < 4.78 is 42.9. The molecule has 2 aromatic carbocycles. The Morgan fingerprint density at radius 3 is 2.41 bits per heavy atom. The summed E-state index contributed by atoms with van der Waals surface area (Å²) in [6.45, 7) is 0. The molecular formula is C21H14BrF3N2O2. The molecule has 148 valence electrons. The van der Waals surface area contributed by atoms with E-state index in [9.17, 15) is 18.0 Å². The molecule has 0 fully saturated rings. The Labute approximate surface area is 172 Å². The van der Waals surface area contributed by atoms with Crippen molar-refractivity contribution in [2.45, 2.75) is 18.7 Å². The van der Waals surface area contributed by atoms with Crippen LogP contribution in [0.3, 0.4) is 0 Å². The number of aliphatic imine (C=N–C) groups is 1. The standard InChI is InChI=1S/C21H14BrF3N2O2/c22-17-12-27(15-6-8-16(9-7-15)29-21(23,24)25)20(28)19-18(17)14(11-26-19)10-13-4-2-1-3-5-13/h1-9,11-12,14H,10H2. The van der Waals surface area contributed by atoms with Crippen molar-refractivity contribution in [1.82, 2.24) is 4.57 Å². The number of benzene rings is 2. The maximum Gasteiger partial charge on any atom is 0.573 e. The molecule has 0 saturated carbocycles. The zero-order valence-corrected chi connectivity index (χ0v) is 16.4. The van der Waals surface area contributed by atoms with Crippen LogP contribution < -0.4 is 10.3 Å². The summed E-state index contributed by atoms with van der Waals surface area (Å²) >= 11 is 3.52. The highest BCUT2D eigenvalue weighted by Gasteiger charge is 2.31. The van der Waals surface area contributed by atoms with Gasteiger partial charge in [-0.25, -0.2) is 0 Å². The summed E-state index contributed by atoms with van der Waals surface area (Å²) in [4.78, 5) is 17.3. The second-order valence-electron chi connectivity index (χ2n) is 6.53. The van der Waals surface area contributed by atoms with E-state index in [0.29, 0.717) is 22.3 Å². The van der Waals surface area contributed by atoms with Crippen LogP contribution >= 0.6 is 15.9 Å². The van der Waals surface area contributed by atoms with E-state index >= 15 is 0 Å². The maximum atomic E-state index is 12.9. The molecule has 8 heteroatoms. The van der Waals surface area contributed by atoms with E-state index in [0.717, 1.165) is 23.3 Å². The Bertz CT molecular complexity index is 1120. The van der Waals surface area contributed by atoms with E-state index in [1.54, 1.807) is 12.4 Å². The van der Waals surface area contributed by atoms with Crippen LogP contribution in [-0.4, -0.2) is 17.1 Å². The Morgan fingerprint density at radius 1 is 1.07 bits per heavy atom. The van der Waals surface area contributed by atoms with Crippen molar-refractivity contribution in [1.29, 1.82) is 0 Å². The van der Waals surface area contributed by atoms with Gasteiger partial charge < -0.3 is 4.74 Å². The lowest BCUT2D eigenvalue weighted by atomic mass is 9.94. The smallest absolute Gasteiger partial charge is 0.406 e. The van der Waals surface area contributed by atoms with Crippen LogP contribution in [0.25, 0.3) is 5.69 Å². The summed E-state index contributed by atoms with van der Waals surface area (Å²) in [5.41, 5.74) is 2.35. The van der Waals surface area contributed by atoms with Crippen LogP contribution in [0, 0.1) is 0 Å². The highest BCUT2D eigenvalue weighted by Crippen LogP contribution is 2.37. The minimum atomic E-state index is -4.77. The van der Waals surface area contributed by atoms with Gasteiger partial charge in [0, 0.05) is 34.1 Å². The summed E-state index contributed by atoms with van der Waals surface area (Å²) in [6, 6.07) is 15.0. The zero-order valence-electron chi connectivity index (χ0n) is 14.9. The fourth-order valence-electron chi connectivity index (χ4n) is 3.32. The van der Waals surface area contributed by atoms with E-state index < -0.39 is 6.36 Å². The third-order valence-corrected chi connectivity index (χ3v) is 5.21. The predicted octanol–water partition coefficient (Wildman–Crippen LogP) is 5.54. The first-order valence-corrected chi connectivity index (χ1v) is 9.50. The zero-order chi connectivity index (χ0) is 20.6. The van der Waals surface area contributed by atoms with Crippen molar-refractivity contribution in [2.75, 3.05) is 0 Å². The van der Waals surface area contributed by atoms with E-state index in [2.05, 4.69) is 25.7 Å². The number of alkyl halides is 3. The third kappa shape index (κ3) is 4.12. The summed E-state index contributed by atoms with van der Waals surface area (Å²) in [5, 5.41) is 0. The van der Waals surface area contributed by atoms with Crippen LogP contribution in [0.15, 0.2) is 75.1 Å². The number of rotatable bonds is 4. The summed E-state index contributed by atoms with van der Waals surface area (Å²) in [7, 11) is 0. The van der Waals surface area contributed by atoms with Crippen molar-refractivity contribution < 1.29 is 17.9 Å². The van der Waals surface area contributed by atoms with E-state index in [-0.39, 0.29) is 17.2 Å². The number of hydrogen-bond donors (Lipinski definition) is 0. The molecule has 0 spiro atoms. The van der Waals surface area contributed by atoms with Gasteiger partial charge in [-0.2, -0.15) is 0 Å². The van der Waals surface area contributed by atoms with Crippen LogP contribution in [0.5, 0.6) is 5.75 Å². The number of aromatic nitrogens is 1. The number of pyridine rings is 1. The van der Waals surface area contributed by atoms with Crippen LogP contribution in [-0.2, 0) is 6.42 Å². The largest absolute Gasteiger partial charge is 0.573 e. The highest BCUT2D eigenvalue weighted by molar-refractivity contribution is 9.10. The van der Waals surface area contributed by atoms with Gasteiger partial charge in [0.05, 0.1) is 0 Å². The minimum absolute atomic E-state index is 0.0355. The van der Waals surface area contributed by atoms with Crippen molar-refractivity contribution in [3.63, 3.8) is 0 Å². The first-order chi connectivity index (χ1) is 13.8. The van der Waals surface area contributed by atoms with Crippen molar-refractivity contribution in [2.24, 2.45) is 4.99 Å². The first-order valence-electron chi connectivity index (χ1n) is 8.71. The lowest BCUT2D eigenvalue weighted by Crippen LogP contribution is -2.19. The van der Waals surface area contributed by atoms with Crippen LogP contribution in [0.1, 0.15) is 17.0 Å². The SMILES string of the molecule is O=c1c2c(c(Br)cn1-c1ccc(OC(F)(F)F)cc1)C(Cc1ccccc1)C=N2. The van der Waals surface area contributed by atoms with E-state index in [1.807, 2.05) is 30.3 Å². The molecule has 3 aromatic rings. The average molecular weight is 463 g/mol. The Kier molecular flexibility index (Phi) is 5.04. The molecule has 0 bridgehead atoms. The van der Waals surface area contributed by atoms with Crippen molar-refractivity contribution >= 4 is 27.8 Å². The predicted molar refractivity (Wildman–Crippen MR) is 107 cm³/mol. The molecule has 1 unspecified atom stereocenters. The van der Waals surface area contributed by atoms with Gasteiger partial charge in [-0.3, -0.25) is 14.4 Å². The van der Waals surface area contributed by atoms with Crippen molar-refractivity contribution in [3.8, 4) is 11.4 Å². The third-order valence-electron chi connectivity index (χ3n) is 4.58. The summed E-state index contributed by atoms with van der Waals surface area (Å²) in [6.07, 6.45) is -0.678. The van der Waals surface area contributed by atoms with Gasteiger partial charge >= 0.3 is 6.36 Å². The molecule has 4 nitrogen and oxygen atoms in total. The molecule has 1 atom stereocenters. The Balaban J connectivity index is 1.66. The molecule has 0 aliphatic carbocycles. The lowest BCUT2D eigenvalue weighted by Gasteiger charge is -2.15. The quantitative estimate of drug-likeness (QED) is 0.510. The topological polar surface area (TPSA) is 43.6 Å². The van der Waals surface area contributed by atoms with Gasteiger partial charge in [-0.1, -0.05) is 30.3 Å². The molecule has 1 aliphatic rings. The summed E-state index contributed by atoms with van der Waals surface area (Å²) in [5.74, 6) is -0.387. The van der Waals surface area contributed by atoms with Gasteiger partial charge in [-0.15, -0.1) is 13.2 Å². The number of nitrogens with zero attached hydrogens (tertiary/aromatic N) is 2. The molecule has 0 saturated heterocycles. The number of ether oxygens (including phenoxy) is 1. The number of hydrogen-bond acceptors (Lipinski definition) is 3. The van der Waals surface area contributed by atoms with Gasteiger partial charge in [0.25, 0.3) is 5.56 Å². The van der Waals surface area contributed by atoms with Gasteiger partial charge in [0.15, 0.2) is 0 Å². The molecule has 2 heterocycles. The van der Waals surface area contributed by atoms with Gasteiger partial charge in [0.1, 0.15) is 11.4 Å². The Hall–Kier alpha value is -2.87. The van der Waals surface area contributed by atoms with Crippen LogP contribution in [0.4, 0.5) is 18.9 Å². The molecular weight excluding hydrogens is 449 g/mol. The molecule has 0 amide bonds. The number of fused-ring (bicyclic) bond motifs is 1. The van der Waals surface area contributed by atoms with E-state index in [4.69, 9.17) is 0 Å². The highest BCUT2D eigenvalue weighted by atomic mass is 79.9. The van der Waals surface area contributed by atoms with Crippen LogP contribution in [0.2, 0.25) is 0 Å². The first kappa shape index (κ1) is 19.4. The fraction of sp³-hybridized carbons (Fsp3) is 0.143. The monoisotopic (exact) mass is 462 g/mol. The molecule has 0 radical (unpaired) electrons. The second-order valence-corrected chi connectivity index (χ2v) is 7.38. The molecule has 29 heavy (non-hydrogen) atoms. The normalized spacial score (nSPS) is 15.4. The van der Waals surface area contributed by atoms with Gasteiger partial charge in [0.2, 0.25) is 0 Å². The van der Waals surface area contributed by atoms with Crippen molar-refractivity contribution in [3.05, 3.63) is 86.7 Å². The number of halogens is 4. The molecule has 1 aromatic heterocycles. The van der Waals surface area contributed by atoms with Gasteiger partial charge in [-0.05, 0) is 52.2 Å². The Morgan fingerprint density at radius 2 is 1.76 bits per heavy atom. The minimum Gasteiger partial charge on any atom is -0.406 e. The molecule has 1 aliphatic heterocycles.